The Kier molecular flexibility index (Phi) is 6.10. The Labute approximate surface area is 158 Å². The fraction of sp³-hybridized carbons (Fsp3) is 0.238. The molecule has 0 saturated heterocycles. The number of nitrogens with zero attached hydrogens (tertiary/aromatic N) is 2. The van der Waals surface area contributed by atoms with E-state index in [1.54, 1.807) is 12.3 Å². The normalized spacial score (nSPS) is 10.4. The maximum absolute atomic E-state index is 12.5. The van der Waals surface area contributed by atoms with Crippen LogP contribution in [0.25, 0.3) is 0 Å². The van der Waals surface area contributed by atoms with Crippen LogP contribution >= 0.6 is 0 Å². The summed E-state index contributed by atoms with van der Waals surface area (Å²) in [5.41, 5.74) is 1.30. The Hall–Kier alpha value is -3.28. The molecule has 0 unspecified atom stereocenters. The lowest BCUT2D eigenvalue weighted by Gasteiger charge is -2.19. The van der Waals surface area contributed by atoms with Crippen molar-refractivity contribution in [3.63, 3.8) is 0 Å². The minimum atomic E-state index is -0.330. The molecule has 1 N–H and O–H groups in total. The van der Waals surface area contributed by atoms with E-state index >= 15 is 0 Å². The van der Waals surface area contributed by atoms with Gasteiger partial charge in [0.1, 0.15) is 18.2 Å². The number of furan rings is 1. The van der Waals surface area contributed by atoms with E-state index in [4.69, 9.17) is 9.15 Å². The molecule has 0 spiro atoms. The lowest BCUT2D eigenvalue weighted by Crippen LogP contribution is -2.23. The molecular weight excluding hydrogens is 342 g/mol. The first-order valence-electron chi connectivity index (χ1n) is 8.97. The van der Waals surface area contributed by atoms with Crippen molar-refractivity contribution >= 4 is 17.4 Å². The number of hydrogen-bond acceptors (Lipinski definition) is 5. The molecule has 3 rings (SSSR count). The van der Waals surface area contributed by atoms with E-state index in [1.807, 2.05) is 42.5 Å². The summed E-state index contributed by atoms with van der Waals surface area (Å²) in [6.07, 6.45) is 3.13. The molecule has 27 heavy (non-hydrogen) atoms. The molecule has 1 aromatic carbocycles. The summed E-state index contributed by atoms with van der Waals surface area (Å²) in [5, 5.41) is 2.82. The van der Waals surface area contributed by atoms with Crippen LogP contribution in [-0.2, 0) is 6.61 Å². The van der Waals surface area contributed by atoms with Crippen molar-refractivity contribution in [3.05, 3.63) is 72.3 Å². The Morgan fingerprint density at radius 2 is 1.89 bits per heavy atom. The highest BCUT2D eigenvalue weighted by Crippen LogP contribution is 2.18. The third kappa shape index (κ3) is 4.67. The minimum Gasteiger partial charge on any atom is -0.489 e. The van der Waals surface area contributed by atoms with Crippen LogP contribution in [0.3, 0.4) is 0 Å². The Morgan fingerprint density at radius 1 is 1.11 bits per heavy atom. The van der Waals surface area contributed by atoms with Crippen LogP contribution in [-0.4, -0.2) is 24.0 Å². The average Bonchev–Trinajstić information content (AvgIpc) is 3.18. The van der Waals surface area contributed by atoms with Crippen molar-refractivity contribution in [2.75, 3.05) is 23.3 Å². The molecule has 6 nitrogen and oxygen atoms in total. The van der Waals surface area contributed by atoms with E-state index < -0.39 is 0 Å². The third-order valence-corrected chi connectivity index (χ3v) is 4.18. The van der Waals surface area contributed by atoms with Gasteiger partial charge in [-0.1, -0.05) is 18.2 Å². The maximum Gasteiger partial charge on any atom is 0.291 e. The summed E-state index contributed by atoms with van der Waals surface area (Å²) in [5.74, 6) is 1.52. The number of ether oxygens (including phenoxy) is 1. The summed E-state index contributed by atoms with van der Waals surface area (Å²) < 4.78 is 11.1. The van der Waals surface area contributed by atoms with Crippen molar-refractivity contribution < 1.29 is 13.9 Å². The van der Waals surface area contributed by atoms with Crippen LogP contribution in [0, 0.1) is 0 Å². The summed E-state index contributed by atoms with van der Waals surface area (Å²) in [7, 11) is 0. The van der Waals surface area contributed by atoms with E-state index in [-0.39, 0.29) is 18.3 Å². The highest BCUT2D eigenvalue weighted by Gasteiger charge is 2.16. The van der Waals surface area contributed by atoms with Gasteiger partial charge in [0, 0.05) is 18.7 Å². The zero-order valence-electron chi connectivity index (χ0n) is 15.5. The predicted octanol–water partition coefficient (Wildman–Crippen LogP) is 4.35. The van der Waals surface area contributed by atoms with Gasteiger partial charge in [-0.3, -0.25) is 4.79 Å². The summed E-state index contributed by atoms with van der Waals surface area (Å²) in [4.78, 5) is 19.1. The highest BCUT2D eigenvalue weighted by molar-refractivity contribution is 6.03. The molecule has 0 aliphatic carbocycles. The third-order valence-electron chi connectivity index (χ3n) is 4.18. The number of anilines is 2. The molecule has 0 atom stereocenters. The van der Waals surface area contributed by atoms with Gasteiger partial charge < -0.3 is 19.4 Å². The van der Waals surface area contributed by atoms with Crippen molar-refractivity contribution in [3.8, 4) is 5.75 Å². The van der Waals surface area contributed by atoms with Crippen molar-refractivity contribution in [2.45, 2.75) is 20.5 Å². The SMILES string of the molecule is CCN(CC)c1ccc(NC(=O)c2occc2COc2ccccc2)cn1. The molecule has 0 aliphatic heterocycles. The number of aromatic nitrogens is 1. The van der Waals surface area contributed by atoms with Gasteiger partial charge in [-0.05, 0) is 44.2 Å². The fourth-order valence-corrected chi connectivity index (χ4v) is 2.71. The topological polar surface area (TPSA) is 67.6 Å². The number of carbonyl (C=O) groups is 1. The van der Waals surface area contributed by atoms with Gasteiger partial charge >= 0.3 is 0 Å². The van der Waals surface area contributed by atoms with E-state index in [2.05, 4.69) is 29.0 Å². The van der Waals surface area contributed by atoms with Crippen molar-refractivity contribution in [1.29, 1.82) is 0 Å². The number of amides is 1. The monoisotopic (exact) mass is 365 g/mol. The quantitative estimate of drug-likeness (QED) is 0.643. The number of nitrogens with one attached hydrogen (secondary N) is 1. The van der Waals surface area contributed by atoms with E-state index in [9.17, 15) is 4.79 Å². The van der Waals surface area contributed by atoms with E-state index in [0.29, 0.717) is 11.3 Å². The minimum absolute atomic E-state index is 0.235. The molecule has 0 radical (unpaired) electrons. The zero-order chi connectivity index (χ0) is 19.1. The number of rotatable bonds is 8. The largest absolute Gasteiger partial charge is 0.489 e. The van der Waals surface area contributed by atoms with Gasteiger partial charge in [0.05, 0.1) is 18.1 Å². The van der Waals surface area contributed by atoms with Crippen LogP contribution < -0.4 is 15.0 Å². The Balaban J connectivity index is 1.64. The van der Waals surface area contributed by atoms with Crippen LogP contribution in [0.2, 0.25) is 0 Å². The molecule has 6 heteroatoms. The Bertz CT molecular complexity index is 856. The molecule has 2 heterocycles. The molecule has 140 valence electrons. The Morgan fingerprint density at radius 3 is 2.56 bits per heavy atom. The second-order valence-corrected chi connectivity index (χ2v) is 5.91. The van der Waals surface area contributed by atoms with Crippen molar-refractivity contribution in [2.24, 2.45) is 0 Å². The van der Waals surface area contributed by atoms with Crippen LogP contribution in [0.5, 0.6) is 5.75 Å². The van der Waals surface area contributed by atoms with Crippen LogP contribution in [0.1, 0.15) is 30.0 Å². The first-order valence-corrected chi connectivity index (χ1v) is 8.97. The number of hydrogen-bond donors (Lipinski definition) is 1. The molecular formula is C21H23N3O3. The van der Waals surface area contributed by atoms with Gasteiger partial charge in [0.2, 0.25) is 0 Å². The second-order valence-electron chi connectivity index (χ2n) is 5.91. The van der Waals surface area contributed by atoms with Gasteiger partial charge in [-0.25, -0.2) is 4.98 Å². The predicted molar refractivity (Wildman–Crippen MR) is 105 cm³/mol. The first-order chi connectivity index (χ1) is 13.2. The molecule has 2 aromatic heterocycles. The lowest BCUT2D eigenvalue weighted by atomic mass is 10.2. The molecule has 3 aromatic rings. The molecule has 0 saturated carbocycles. The molecule has 1 amide bonds. The average molecular weight is 365 g/mol. The zero-order valence-corrected chi connectivity index (χ0v) is 15.5. The second kappa shape index (κ2) is 8.89. The number of benzene rings is 1. The summed E-state index contributed by atoms with van der Waals surface area (Å²) in [6, 6.07) is 14.9. The van der Waals surface area contributed by atoms with E-state index in [1.165, 1.54) is 6.26 Å². The highest BCUT2D eigenvalue weighted by atomic mass is 16.5. The number of carbonyl (C=O) groups excluding carboxylic acids is 1. The molecule has 0 aliphatic rings. The van der Waals surface area contributed by atoms with Gasteiger partial charge in [-0.2, -0.15) is 0 Å². The maximum atomic E-state index is 12.5. The lowest BCUT2D eigenvalue weighted by molar-refractivity contribution is 0.0993. The van der Waals surface area contributed by atoms with E-state index in [0.717, 1.165) is 24.7 Å². The molecule has 0 fully saturated rings. The summed E-state index contributed by atoms with van der Waals surface area (Å²) in [6.45, 7) is 6.18. The van der Waals surface area contributed by atoms with Gasteiger partial charge in [0.25, 0.3) is 5.91 Å². The number of pyridine rings is 1. The first kappa shape index (κ1) is 18.5. The molecule has 0 bridgehead atoms. The smallest absolute Gasteiger partial charge is 0.291 e. The summed E-state index contributed by atoms with van der Waals surface area (Å²) >= 11 is 0. The van der Waals surface area contributed by atoms with Gasteiger partial charge in [0.15, 0.2) is 5.76 Å². The van der Waals surface area contributed by atoms with Crippen LogP contribution in [0.4, 0.5) is 11.5 Å². The standard InChI is InChI=1S/C21H23N3O3/c1-3-24(4-2)19-11-10-17(14-22-19)23-21(25)20-16(12-13-26-20)15-27-18-8-6-5-7-9-18/h5-14H,3-4,15H2,1-2H3,(H,23,25). The number of para-hydroxylation sites is 1. The van der Waals surface area contributed by atoms with Gasteiger partial charge in [-0.15, -0.1) is 0 Å². The van der Waals surface area contributed by atoms with Crippen LogP contribution in [0.15, 0.2) is 65.4 Å². The fourth-order valence-electron chi connectivity index (χ4n) is 2.71. The van der Waals surface area contributed by atoms with Crippen molar-refractivity contribution in [1.82, 2.24) is 4.98 Å².